The molecular weight excluding hydrogens is 240 g/mol. The van der Waals surface area contributed by atoms with Gasteiger partial charge in [0.2, 0.25) is 0 Å². The van der Waals surface area contributed by atoms with Crippen LogP contribution >= 0.6 is 22.7 Å². The van der Waals surface area contributed by atoms with Crippen molar-refractivity contribution in [3.05, 3.63) is 29.0 Å². The van der Waals surface area contributed by atoms with Gasteiger partial charge in [0.1, 0.15) is 4.21 Å². The van der Waals surface area contributed by atoms with Gasteiger partial charge in [-0.15, -0.1) is 11.3 Å². The lowest BCUT2D eigenvalue weighted by molar-refractivity contribution is 0.485. The van der Waals surface area contributed by atoms with Gasteiger partial charge >= 0.3 is 10.1 Å². The minimum atomic E-state index is -4.05. The van der Waals surface area contributed by atoms with Crippen LogP contribution in [0.15, 0.2) is 33.2 Å². The summed E-state index contributed by atoms with van der Waals surface area (Å²) < 4.78 is 30.3. The Bertz CT molecular complexity index is 522. The highest BCUT2D eigenvalue weighted by Crippen LogP contribution is 2.31. The van der Waals surface area contributed by atoms with E-state index in [0.29, 0.717) is 0 Å². The number of thiophene rings is 2. The van der Waals surface area contributed by atoms with E-state index in [0.717, 1.165) is 21.8 Å². The smallest absolute Gasteiger partial charge is 0.281 e. The second-order valence-electron chi connectivity index (χ2n) is 2.61. The molecule has 0 radical (unpaired) electrons. The van der Waals surface area contributed by atoms with E-state index in [1.165, 1.54) is 6.07 Å². The molecule has 0 unspecified atom stereocenters. The first kappa shape index (κ1) is 9.85. The summed E-state index contributed by atoms with van der Waals surface area (Å²) >= 11 is 2.61. The Morgan fingerprint density at radius 3 is 2.50 bits per heavy atom. The van der Waals surface area contributed by atoms with E-state index in [-0.39, 0.29) is 4.21 Å². The molecule has 0 aliphatic heterocycles. The van der Waals surface area contributed by atoms with Crippen LogP contribution in [0.4, 0.5) is 0 Å². The minimum Gasteiger partial charge on any atom is -0.281 e. The minimum absolute atomic E-state index is 0.0151. The number of hydrogen-bond donors (Lipinski definition) is 1. The summed E-state index contributed by atoms with van der Waals surface area (Å²) in [6.45, 7) is 0. The van der Waals surface area contributed by atoms with Crippen LogP contribution in [0.1, 0.15) is 0 Å². The van der Waals surface area contributed by atoms with Crippen molar-refractivity contribution in [1.29, 1.82) is 0 Å². The highest BCUT2D eigenvalue weighted by molar-refractivity contribution is 7.88. The molecule has 6 heteroatoms. The highest BCUT2D eigenvalue weighted by atomic mass is 32.3. The molecule has 0 aromatic carbocycles. The first-order valence-electron chi connectivity index (χ1n) is 3.67. The molecule has 0 aliphatic rings. The van der Waals surface area contributed by atoms with Gasteiger partial charge in [0.25, 0.3) is 0 Å². The SMILES string of the molecule is O=S(=O)(O)c1ccc(-c2ccsc2)s1. The Kier molecular flexibility index (Phi) is 2.44. The molecule has 0 saturated carbocycles. The van der Waals surface area contributed by atoms with Gasteiger partial charge in [0.15, 0.2) is 0 Å². The van der Waals surface area contributed by atoms with Crippen molar-refractivity contribution in [2.75, 3.05) is 0 Å². The fourth-order valence-corrected chi connectivity index (χ4v) is 3.41. The third-order valence-electron chi connectivity index (χ3n) is 1.64. The predicted molar refractivity (Wildman–Crippen MR) is 57.4 cm³/mol. The van der Waals surface area contributed by atoms with Crippen LogP contribution in [0, 0.1) is 0 Å². The summed E-state index contributed by atoms with van der Waals surface area (Å²) in [5.74, 6) is 0. The highest BCUT2D eigenvalue weighted by Gasteiger charge is 2.13. The lowest BCUT2D eigenvalue weighted by Gasteiger charge is -1.89. The van der Waals surface area contributed by atoms with Gasteiger partial charge in [0.05, 0.1) is 0 Å². The van der Waals surface area contributed by atoms with Crippen molar-refractivity contribution in [1.82, 2.24) is 0 Å². The molecule has 0 spiro atoms. The zero-order chi connectivity index (χ0) is 10.2. The molecule has 0 aliphatic carbocycles. The fourth-order valence-electron chi connectivity index (χ4n) is 1.02. The zero-order valence-electron chi connectivity index (χ0n) is 6.88. The molecule has 0 saturated heterocycles. The molecule has 74 valence electrons. The summed E-state index contributed by atoms with van der Waals surface area (Å²) in [5.41, 5.74) is 0.981. The van der Waals surface area contributed by atoms with Crippen molar-refractivity contribution < 1.29 is 13.0 Å². The van der Waals surface area contributed by atoms with Crippen molar-refractivity contribution >= 4 is 32.8 Å². The van der Waals surface area contributed by atoms with E-state index >= 15 is 0 Å². The Labute approximate surface area is 89.4 Å². The maximum Gasteiger partial charge on any atom is 0.304 e. The summed E-state index contributed by atoms with van der Waals surface area (Å²) in [5, 5.41) is 3.85. The van der Waals surface area contributed by atoms with Gasteiger partial charge in [-0.1, -0.05) is 0 Å². The summed E-state index contributed by atoms with van der Waals surface area (Å²) in [6.07, 6.45) is 0. The topological polar surface area (TPSA) is 54.4 Å². The summed E-state index contributed by atoms with van der Waals surface area (Å²) in [7, 11) is -4.05. The average molecular weight is 246 g/mol. The molecule has 0 fully saturated rings. The molecule has 1 N–H and O–H groups in total. The normalized spacial score (nSPS) is 11.8. The van der Waals surface area contributed by atoms with E-state index in [1.54, 1.807) is 17.4 Å². The zero-order valence-corrected chi connectivity index (χ0v) is 9.32. The molecule has 14 heavy (non-hydrogen) atoms. The lowest BCUT2D eigenvalue weighted by atomic mass is 10.3. The molecule has 0 bridgehead atoms. The third-order valence-corrected chi connectivity index (χ3v) is 4.78. The first-order chi connectivity index (χ1) is 6.57. The molecule has 3 nitrogen and oxygen atoms in total. The lowest BCUT2D eigenvalue weighted by Crippen LogP contribution is -1.92. The number of hydrogen-bond acceptors (Lipinski definition) is 4. The van der Waals surface area contributed by atoms with Crippen molar-refractivity contribution in [2.45, 2.75) is 4.21 Å². The predicted octanol–water partition coefficient (Wildman–Crippen LogP) is 2.72. The maximum atomic E-state index is 10.8. The van der Waals surface area contributed by atoms with E-state index in [1.807, 2.05) is 16.8 Å². The fraction of sp³-hybridized carbons (Fsp3) is 0. The summed E-state index contributed by atoms with van der Waals surface area (Å²) in [6, 6.07) is 5.01. The van der Waals surface area contributed by atoms with Gasteiger partial charge in [-0.3, -0.25) is 4.55 Å². The Morgan fingerprint density at radius 1 is 1.21 bits per heavy atom. The monoisotopic (exact) mass is 246 g/mol. The van der Waals surface area contributed by atoms with Crippen LogP contribution in [-0.2, 0) is 10.1 Å². The molecule has 0 amide bonds. The first-order valence-corrected chi connectivity index (χ1v) is 6.87. The maximum absolute atomic E-state index is 10.8. The quantitative estimate of drug-likeness (QED) is 0.829. The van der Waals surface area contributed by atoms with Crippen LogP contribution in [0.25, 0.3) is 10.4 Å². The molecular formula is C8H6O3S3. The summed E-state index contributed by atoms with van der Waals surface area (Å²) in [4.78, 5) is 0.846. The molecule has 2 aromatic heterocycles. The third kappa shape index (κ3) is 1.88. The Balaban J connectivity index is 2.46. The van der Waals surface area contributed by atoms with E-state index in [4.69, 9.17) is 4.55 Å². The van der Waals surface area contributed by atoms with Crippen molar-refractivity contribution in [3.63, 3.8) is 0 Å². The van der Waals surface area contributed by atoms with Gasteiger partial charge in [-0.2, -0.15) is 19.8 Å². The van der Waals surface area contributed by atoms with Crippen LogP contribution in [0.5, 0.6) is 0 Å². The van der Waals surface area contributed by atoms with Crippen LogP contribution in [-0.4, -0.2) is 13.0 Å². The molecule has 2 rings (SSSR count). The second kappa shape index (κ2) is 3.47. The Morgan fingerprint density at radius 2 is 2.00 bits per heavy atom. The van der Waals surface area contributed by atoms with Gasteiger partial charge < -0.3 is 0 Å². The van der Waals surface area contributed by atoms with Gasteiger partial charge in [-0.25, -0.2) is 0 Å². The van der Waals surface area contributed by atoms with Crippen LogP contribution in [0.2, 0.25) is 0 Å². The molecule has 2 aromatic rings. The largest absolute Gasteiger partial charge is 0.304 e. The van der Waals surface area contributed by atoms with Crippen LogP contribution < -0.4 is 0 Å². The second-order valence-corrected chi connectivity index (χ2v) is 6.12. The Hall–Kier alpha value is -0.690. The van der Waals surface area contributed by atoms with Crippen molar-refractivity contribution in [2.24, 2.45) is 0 Å². The molecule has 2 heterocycles. The molecule has 0 atom stereocenters. The van der Waals surface area contributed by atoms with Crippen LogP contribution in [0.3, 0.4) is 0 Å². The van der Waals surface area contributed by atoms with E-state index in [9.17, 15) is 8.42 Å². The average Bonchev–Trinajstić information content (AvgIpc) is 2.73. The standard InChI is InChI=1S/C8H6O3S3/c9-14(10,11)8-2-1-7(13-8)6-3-4-12-5-6/h1-5H,(H,9,10,11). The van der Waals surface area contributed by atoms with Gasteiger partial charge in [0, 0.05) is 10.4 Å². The van der Waals surface area contributed by atoms with E-state index < -0.39 is 10.1 Å². The van der Waals surface area contributed by atoms with E-state index in [2.05, 4.69) is 0 Å². The van der Waals surface area contributed by atoms with Gasteiger partial charge in [-0.05, 0) is 29.0 Å². The van der Waals surface area contributed by atoms with Crippen molar-refractivity contribution in [3.8, 4) is 10.4 Å². The number of rotatable bonds is 2.